The average molecular weight is 286 g/mol. The third kappa shape index (κ3) is 3.26. The normalized spacial score (nSPS) is 28.7. The van der Waals surface area contributed by atoms with E-state index in [1.807, 2.05) is 0 Å². The lowest BCUT2D eigenvalue weighted by atomic mass is 9.76. The summed E-state index contributed by atoms with van der Waals surface area (Å²) in [5, 5.41) is 3.59. The highest BCUT2D eigenvalue weighted by Crippen LogP contribution is 2.35. The fourth-order valence-corrected chi connectivity index (χ4v) is 4.49. The predicted molar refractivity (Wildman–Crippen MR) is 90.9 cm³/mol. The number of anilines is 1. The van der Waals surface area contributed by atoms with E-state index in [2.05, 4.69) is 48.5 Å². The van der Waals surface area contributed by atoms with Gasteiger partial charge in [-0.2, -0.15) is 0 Å². The third-order valence-electron chi connectivity index (χ3n) is 5.60. The van der Waals surface area contributed by atoms with Crippen molar-refractivity contribution in [3.05, 3.63) is 29.8 Å². The summed E-state index contributed by atoms with van der Waals surface area (Å²) in [4.78, 5) is 2.64. The van der Waals surface area contributed by atoms with Crippen LogP contribution in [0.5, 0.6) is 0 Å². The van der Waals surface area contributed by atoms with E-state index < -0.39 is 0 Å². The number of benzene rings is 1. The van der Waals surface area contributed by atoms with Crippen molar-refractivity contribution in [2.45, 2.75) is 51.5 Å². The SMILES string of the molecule is CCCC1CCC(NC)C(CN2CCc3ccccc32)C1. The van der Waals surface area contributed by atoms with Crippen LogP contribution in [0.25, 0.3) is 0 Å². The number of rotatable bonds is 5. The van der Waals surface area contributed by atoms with Gasteiger partial charge in [0.05, 0.1) is 0 Å². The molecule has 1 heterocycles. The minimum Gasteiger partial charge on any atom is -0.371 e. The molecule has 0 saturated heterocycles. The number of fused-ring (bicyclic) bond motifs is 1. The zero-order valence-corrected chi connectivity index (χ0v) is 13.6. The summed E-state index contributed by atoms with van der Waals surface area (Å²) in [6, 6.07) is 9.68. The second kappa shape index (κ2) is 6.83. The molecule has 0 bridgehead atoms. The monoisotopic (exact) mass is 286 g/mol. The molecule has 3 rings (SSSR count). The van der Waals surface area contributed by atoms with Crippen LogP contribution in [0, 0.1) is 11.8 Å². The lowest BCUT2D eigenvalue weighted by molar-refractivity contribution is 0.204. The first kappa shape index (κ1) is 14.9. The minimum absolute atomic E-state index is 0.714. The molecule has 0 aromatic heterocycles. The Kier molecular flexibility index (Phi) is 4.84. The van der Waals surface area contributed by atoms with E-state index in [1.165, 1.54) is 57.3 Å². The van der Waals surface area contributed by atoms with Crippen LogP contribution in [0.4, 0.5) is 5.69 Å². The summed E-state index contributed by atoms with van der Waals surface area (Å²) in [5.41, 5.74) is 3.03. The predicted octanol–water partition coefficient (Wildman–Crippen LogP) is 3.85. The van der Waals surface area contributed by atoms with Crippen LogP contribution in [0.1, 0.15) is 44.6 Å². The molecule has 116 valence electrons. The topological polar surface area (TPSA) is 15.3 Å². The van der Waals surface area contributed by atoms with Crippen molar-refractivity contribution in [2.24, 2.45) is 11.8 Å². The van der Waals surface area contributed by atoms with Gasteiger partial charge in [-0.1, -0.05) is 38.0 Å². The van der Waals surface area contributed by atoms with Gasteiger partial charge in [-0.15, -0.1) is 0 Å². The van der Waals surface area contributed by atoms with Crippen LogP contribution >= 0.6 is 0 Å². The molecule has 1 fully saturated rings. The van der Waals surface area contributed by atoms with Crippen LogP contribution < -0.4 is 10.2 Å². The Labute approximate surface area is 129 Å². The molecule has 2 heteroatoms. The first-order valence-electron chi connectivity index (χ1n) is 8.82. The Morgan fingerprint density at radius 3 is 2.90 bits per heavy atom. The Morgan fingerprint density at radius 1 is 1.24 bits per heavy atom. The lowest BCUT2D eigenvalue weighted by Gasteiger charge is -2.38. The molecule has 3 atom stereocenters. The van der Waals surface area contributed by atoms with Crippen molar-refractivity contribution in [3.8, 4) is 0 Å². The minimum atomic E-state index is 0.714. The summed E-state index contributed by atoms with van der Waals surface area (Å²) in [5.74, 6) is 1.77. The highest BCUT2D eigenvalue weighted by Gasteiger charge is 2.31. The summed E-state index contributed by atoms with van der Waals surface area (Å²) in [6.45, 7) is 4.78. The van der Waals surface area contributed by atoms with Crippen molar-refractivity contribution in [2.75, 3.05) is 25.0 Å². The standard InChI is InChI=1S/C19H30N2/c1-3-6-15-9-10-18(20-2)17(13-15)14-21-12-11-16-7-4-5-8-19(16)21/h4-5,7-8,15,17-18,20H,3,6,9-14H2,1-2H3. The van der Waals surface area contributed by atoms with E-state index in [0.29, 0.717) is 6.04 Å². The zero-order valence-electron chi connectivity index (χ0n) is 13.6. The van der Waals surface area contributed by atoms with Crippen LogP contribution in [0.15, 0.2) is 24.3 Å². The molecule has 3 unspecified atom stereocenters. The maximum atomic E-state index is 3.59. The highest BCUT2D eigenvalue weighted by atomic mass is 15.2. The second-order valence-electron chi connectivity index (χ2n) is 6.95. The van der Waals surface area contributed by atoms with E-state index in [-0.39, 0.29) is 0 Å². The van der Waals surface area contributed by atoms with Crippen LogP contribution in [0.2, 0.25) is 0 Å². The molecule has 2 aliphatic rings. The zero-order chi connectivity index (χ0) is 14.7. The maximum Gasteiger partial charge on any atom is 0.0399 e. The van der Waals surface area contributed by atoms with Crippen molar-refractivity contribution >= 4 is 5.69 Å². The van der Waals surface area contributed by atoms with Gasteiger partial charge in [0.1, 0.15) is 0 Å². The first-order valence-corrected chi connectivity index (χ1v) is 8.82. The maximum absolute atomic E-state index is 3.59. The van der Waals surface area contributed by atoms with Gasteiger partial charge in [-0.25, -0.2) is 0 Å². The smallest absolute Gasteiger partial charge is 0.0399 e. The fraction of sp³-hybridized carbons (Fsp3) is 0.684. The van der Waals surface area contributed by atoms with Gasteiger partial charge in [0.25, 0.3) is 0 Å². The summed E-state index contributed by atoms with van der Waals surface area (Å²) >= 11 is 0. The van der Waals surface area contributed by atoms with Crippen molar-refractivity contribution in [3.63, 3.8) is 0 Å². The molecule has 21 heavy (non-hydrogen) atoms. The van der Waals surface area contributed by atoms with Gasteiger partial charge in [0.15, 0.2) is 0 Å². The quantitative estimate of drug-likeness (QED) is 0.884. The number of para-hydroxylation sites is 1. The van der Waals surface area contributed by atoms with Gasteiger partial charge < -0.3 is 10.2 Å². The van der Waals surface area contributed by atoms with Gasteiger partial charge in [0.2, 0.25) is 0 Å². The van der Waals surface area contributed by atoms with E-state index in [0.717, 1.165) is 11.8 Å². The number of nitrogens with one attached hydrogen (secondary N) is 1. The Morgan fingerprint density at radius 2 is 2.10 bits per heavy atom. The Bertz CT molecular complexity index is 457. The molecule has 0 spiro atoms. The van der Waals surface area contributed by atoms with E-state index in [4.69, 9.17) is 0 Å². The molecule has 0 radical (unpaired) electrons. The first-order chi connectivity index (χ1) is 10.3. The average Bonchev–Trinajstić information content (AvgIpc) is 2.91. The van der Waals surface area contributed by atoms with Crippen molar-refractivity contribution in [1.29, 1.82) is 0 Å². The van der Waals surface area contributed by atoms with Crippen LogP contribution in [0.3, 0.4) is 0 Å². The molecule has 1 aliphatic heterocycles. The number of hydrogen-bond donors (Lipinski definition) is 1. The molecule has 1 aromatic carbocycles. The van der Waals surface area contributed by atoms with Crippen molar-refractivity contribution < 1.29 is 0 Å². The van der Waals surface area contributed by atoms with Crippen molar-refractivity contribution in [1.82, 2.24) is 5.32 Å². The number of hydrogen-bond acceptors (Lipinski definition) is 2. The van der Waals surface area contributed by atoms with E-state index in [1.54, 1.807) is 5.56 Å². The third-order valence-corrected chi connectivity index (χ3v) is 5.60. The van der Waals surface area contributed by atoms with Crippen LogP contribution in [-0.4, -0.2) is 26.2 Å². The van der Waals surface area contributed by atoms with Gasteiger partial charge in [-0.3, -0.25) is 0 Å². The number of nitrogens with zero attached hydrogens (tertiary/aromatic N) is 1. The van der Waals surface area contributed by atoms with Gasteiger partial charge in [-0.05, 0) is 56.2 Å². The second-order valence-corrected chi connectivity index (χ2v) is 6.95. The summed E-state index contributed by atoms with van der Waals surface area (Å²) in [6.07, 6.45) is 8.19. The van der Waals surface area contributed by atoms with E-state index >= 15 is 0 Å². The fourth-order valence-electron chi connectivity index (χ4n) is 4.49. The lowest BCUT2D eigenvalue weighted by Crippen LogP contribution is -2.44. The van der Waals surface area contributed by atoms with Gasteiger partial charge in [0, 0.05) is 24.8 Å². The highest BCUT2D eigenvalue weighted by molar-refractivity contribution is 5.57. The Hall–Kier alpha value is -1.02. The molecular weight excluding hydrogens is 256 g/mol. The molecule has 2 nitrogen and oxygen atoms in total. The van der Waals surface area contributed by atoms with Gasteiger partial charge >= 0.3 is 0 Å². The molecule has 1 aliphatic carbocycles. The molecule has 0 amide bonds. The van der Waals surface area contributed by atoms with E-state index in [9.17, 15) is 0 Å². The largest absolute Gasteiger partial charge is 0.371 e. The molecule has 1 saturated carbocycles. The summed E-state index contributed by atoms with van der Waals surface area (Å²) < 4.78 is 0. The molecule has 1 N–H and O–H groups in total. The molecule has 1 aromatic rings. The Balaban J connectivity index is 1.67. The molecular formula is C19H30N2. The van der Waals surface area contributed by atoms with Crippen LogP contribution in [-0.2, 0) is 6.42 Å². The summed E-state index contributed by atoms with van der Waals surface area (Å²) in [7, 11) is 2.15.